The predicted molar refractivity (Wildman–Crippen MR) is 126 cm³/mol. The molecule has 0 saturated carbocycles. The summed E-state index contributed by atoms with van der Waals surface area (Å²) < 4.78 is 11.8. The van der Waals surface area contributed by atoms with E-state index in [1.54, 1.807) is 20.0 Å². The fraction of sp³-hybridized carbons (Fsp3) is 0.360. The number of esters is 1. The first-order chi connectivity index (χ1) is 14.7. The maximum Gasteiger partial charge on any atom is 0.318 e. The summed E-state index contributed by atoms with van der Waals surface area (Å²) in [6.45, 7) is 12.0. The van der Waals surface area contributed by atoms with Crippen LogP contribution >= 0.6 is 0 Å². The Morgan fingerprint density at radius 2 is 1.52 bits per heavy atom. The summed E-state index contributed by atoms with van der Waals surface area (Å²) in [7, 11) is -1.39. The molecule has 1 atom stereocenters. The van der Waals surface area contributed by atoms with Crippen molar-refractivity contribution in [1.82, 2.24) is 5.06 Å². The van der Waals surface area contributed by atoms with Crippen LogP contribution in [-0.2, 0) is 18.9 Å². The van der Waals surface area contributed by atoms with Crippen LogP contribution in [0.1, 0.15) is 34.1 Å². The first kappa shape index (κ1) is 24.6. The minimum Gasteiger partial charge on any atom is -0.465 e. The van der Waals surface area contributed by atoms with E-state index < -0.39 is 26.1 Å². The van der Waals surface area contributed by atoms with Gasteiger partial charge < -0.3 is 9.26 Å². The van der Waals surface area contributed by atoms with Gasteiger partial charge in [-0.15, -0.1) is 6.58 Å². The van der Waals surface area contributed by atoms with Crippen molar-refractivity contribution in [2.24, 2.45) is 5.92 Å². The van der Waals surface area contributed by atoms with E-state index in [1.165, 1.54) is 5.06 Å². The lowest BCUT2D eigenvalue weighted by molar-refractivity contribution is -0.168. The molecule has 2 aromatic carbocycles. The molecule has 0 radical (unpaired) electrons. The van der Waals surface area contributed by atoms with Gasteiger partial charge in [-0.1, -0.05) is 87.5 Å². The van der Waals surface area contributed by atoms with Crippen molar-refractivity contribution in [2.75, 3.05) is 13.7 Å². The minimum absolute atomic E-state index is 0.187. The highest BCUT2D eigenvalue weighted by molar-refractivity contribution is 6.99. The summed E-state index contributed by atoms with van der Waals surface area (Å²) in [5.41, 5.74) is 0. The molecule has 0 heterocycles. The zero-order valence-electron chi connectivity index (χ0n) is 19.1. The number of ether oxygens (including phenoxy) is 1. The smallest absolute Gasteiger partial charge is 0.318 e. The average Bonchev–Trinajstić information content (AvgIpc) is 2.75. The Morgan fingerprint density at radius 1 is 1.03 bits per heavy atom. The number of hydrogen-bond donors (Lipinski definition) is 0. The lowest BCUT2D eigenvalue weighted by Crippen LogP contribution is -2.69. The molecule has 0 aliphatic carbocycles. The number of allylic oxidation sites excluding steroid dienone is 1. The van der Waals surface area contributed by atoms with Gasteiger partial charge in [0.05, 0.1) is 6.61 Å². The van der Waals surface area contributed by atoms with Gasteiger partial charge in [0, 0.05) is 7.05 Å². The molecule has 2 aromatic rings. The van der Waals surface area contributed by atoms with Crippen LogP contribution in [0.25, 0.3) is 0 Å². The van der Waals surface area contributed by atoms with Crippen LogP contribution in [0.2, 0.25) is 5.04 Å². The largest absolute Gasteiger partial charge is 0.465 e. The van der Waals surface area contributed by atoms with Crippen molar-refractivity contribution < 1.29 is 18.9 Å². The van der Waals surface area contributed by atoms with Crippen molar-refractivity contribution in [3.8, 4) is 0 Å². The standard InChI is InChI=1S/C25H33NO4Si/c1-7-15-22(24(28)29-8-2)23(27)26(6)30-31(25(3,4)5,20-16-11-9-12-17-20)21-18-13-10-14-19-21/h7,9-14,16-19,22H,1,8,15H2,2-6H3. The van der Waals surface area contributed by atoms with Gasteiger partial charge in [0.15, 0.2) is 0 Å². The molecule has 0 saturated heterocycles. The lowest BCUT2D eigenvalue weighted by atomic mass is 10.1. The van der Waals surface area contributed by atoms with Crippen LogP contribution in [-0.4, -0.2) is 38.9 Å². The molecule has 0 bridgehead atoms. The van der Waals surface area contributed by atoms with E-state index >= 15 is 0 Å². The molecule has 31 heavy (non-hydrogen) atoms. The summed E-state index contributed by atoms with van der Waals surface area (Å²) in [5, 5.41) is 3.03. The van der Waals surface area contributed by atoms with Crippen LogP contribution in [0, 0.1) is 5.92 Å². The highest BCUT2D eigenvalue weighted by atomic mass is 28.4. The Hall–Kier alpha value is -2.70. The van der Waals surface area contributed by atoms with E-state index in [0.29, 0.717) is 0 Å². The third-order valence-corrected chi connectivity index (χ3v) is 10.2. The fourth-order valence-corrected chi connectivity index (χ4v) is 8.17. The minimum atomic E-state index is -2.97. The van der Waals surface area contributed by atoms with Gasteiger partial charge in [-0.05, 0) is 28.8 Å². The van der Waals surface area contributed by atoms with E-state index in [9.17, 15) is 9.59 Å². The molecule has 0 aromatic heterocycles. The molecule has 1 unspecified atom stereocenters. The first-order valence-electron chi connectivity index (χ1n) is 10.5. The summed E-state index contributed by atoms with van der Waals surface area (Å²) in [5.74, 6) is -1.99. The van der Waals surface area contributed by atoms with Crippen LogP contribution < -0.4 is 10.4 Å². The van der Waals surface area contributed by atoms with Gasteiger partial charge in [0.1, 0.15) is 5.92 Å². The van der Waals surface area contributed by atoms with Gasteiger partial charge in [-0.2, -0.15) is 0 Å². The Morgan fingerprint density at radius 3 is 1.90 bits per heavy atom. The summed E-state index contributed by atoms with van der Waals surface area (Å²) >= 11 is 0. The fourth-order valence-electron chi connectivity index (χ4n) is 3.80. The quantitative estimate of drug-likeness (QED) is 0.197. The molecule has 6 heteroatoms. The van der Waals surface area contributed by atoms with Gasteiger partial charge >= 0.3 is 5.97 Å². The third-order valence-electron chi connectivity index (χ3n) is 5.27. The second kappa shape index (κ2) is 10.6. The second-order valence-corrected chi connectivity index (χ2v) is 12.6. The lowest BCUT2D eigenvalue weighted by Gasteiger charge is -2.44. The number of hydrogen-bond acceptors (Lipinski definition) is 4. The van der Waals surface area contributed by atoms with E-state index in [2.05, 4.69) is 51.6 Å². The van der Waals surface area contributed by atoms with E-state index in [-0.39, 0.29) is 18.1 Å². The molecular formula is C25H33NO4Si. The third kappa shape index (κ3) is 5.32. The van der Waals surface area contributed by atoms with Gasteiger partial charge in [0.2, 0.25) is 0 Å². The van der Waals surface area contributed by atoms with Gasteiger partial charge in [-0.3, -0.25) is 9.59 Å². The van der Waals surface area contributed by atoms with Crippen molar-refractivity contribution in [3.05, 3.63) is 73.3 Å². The van der Waals surface area contributed by atoms with E-state index in [0.717, 1.165) is 10.4 Å². The molecule has 0 fully saturated rings. The van der Waals surface area contributed by atoms with Crippen LogP contribution in [0.4, 0.5) is 0 Å². The Balaban J connectivity index is 2.56. The van der Waals surface area contributed by atoms with Crippen molar-refractivity contribution in [1.29, 1.82) is 0 Å². The van der Waals surface area contributed by atoms with Crippen LogP contribution in [0.5, 0.6) is 0 Å². The number of amides is 1. The molecule has 2 rings (SSSR count). The SMILES string of the molecule is C=CCC(C(=O)OCC)C(=O)N(C)O[Si](c1ccccc1)(c1ccccc1)C(C)(C)C. The molecule has 1 amide bonds. The van der Waals surface area contributed by atoms with Crippen molar-refractivity contribution >= 4 is 30.6 Å². The molecular weight excluding hydrogens is 406 g/mol. The maximum atomic E-state index is 13.3. The van der Waals surface area contributed by atoms with Crippen LogP contribution in [0.15, 0.2) is 73.3 Å². The van der Waals surface area contributed by atoms with Crippen LogP contribution in [0.3, 0.4) is 0 Å². The molecule has 0 aliphatic heterocycles. The molecule has 0 N–H and O–H groups in total. The summed E-state index contributed by atoms with van der Waals surface area (Å²) in [6.07, 6.45) is 1.74. The normalized spacial score (nSPS) is 12.7. The van der Waals surface area contributed by atoms with E-state index in [4.69, 9.17) is 9.26 Å². The number of carbonyl (C=O) groups is 2. The number of hydroxylamine groups is 2. The Labute approximate surface area is 186 Å². The molecule has 166 valence electrons. The van der Waals surface area contributed by atoms with E-state index in [1.807, 2.05) is 36.4 Å². The number of benzene rings is 2. The van der Waals surface area contributed by atoms with Gasteiger partial charge in [-0.25, -0.2) is 5.06 Å². The monoisotopic (exact) mass is 439 g/mol. The number of carbonyl (C=O) groups excluding carboxylic acids is 2. The number of rotatable bonds is 9. The maximum absolute atomic E-state index is 13.3. The predicted octanol–water partition coefficient (Wildman–Crippen LogP) is 3.69. The highest BCUT2D eigenvalue weighted by Crippen LogP contribution is 2.37. The highest BCUT2D eigenvalue weighted by Gasteiger charge is 2.53. The zero-order chi connectivity index (χ0) is 23.1. The second-order valence-electron chi connectivity index (χ2n) is 8.42. The average molecular weight is 440 g/mol. The summed E-state index contributed by atoms with van der Waals surface area (Å²) in [6, 6.07) is 20.1. The number of nitrogens with zero attached hydrogens (tertiary/aromatic N) is 1. The first-order valence-corrected chi connectivity index (χ1v) is 12.4. The molecule has 0 spiro atoms. The zero-order valence-corrected chi connectivity index (χ0v) is 20.1. The van der Waals surface area contributed by atoms with Gasteiger partial charge in [0.25, 0.3) is 14.2 Å². The Bertz CT molecular complexity index is 838. The molecule has 5 nitrogen and oxygen atoms in total. The van der Waals surface area contributed by atoms with Crippen molar-refractivity contribution in [3.63, 3.8) is 0 Å². The Kier molecular flexibility index (Phi) is 8.36. The van der Waals surface area contributed by atoms with Crippen molar-refractivity contribution in [2.45, 2.75) is 39.2 Å². The molecule has 0 aliphatic rings. The topological polar surface area (TPSA) is 55.8 Å². The summed E-state index contributed by atoms with van der Waals surface area (Å²) in [4.78, 5) is 25.7.